The lowest BCUT2D eigenvalue weighted by molar-refractivity contribution is 0.0688. The van der Waals surface area contributed by atoms with Gasteiger partial charge in [-0.05, 0) is 31.9 Å². The van der Waals surface area contributed by atoms with Gasteiger partial charge in [-0.25, -0.2) is 9.78 Å². The number of unbranched alkanes of at least 4 members (excludes halogenated alkanes) is 1. The standard InChI is InChI=1S/C15H21N3O2/c1-5-6-7-17(4)12-8-10(2)14-16-11(3)13(15(19)20)18(14)9-12/h8-9H,5-7H2,1-4H3,(H,19,20). The number of imidazole rings is 1. The van der Waals surface area contributed by atoms with Gasteiger partial charge in [0.15, 0.2) is 5.69 Å². The Labute approximate surface area is 118 Å². The Kier molecular flexibility index (Phi) is 3.97. The van der Waals surface area contributed by atoms with Crippen LogP contribution in [0.2, 0.25) is 0 Å². The minimum Gasteiger partial charge on any atom is -0.477 e. The van der Waals surface area contributed by atoms with Crippen LogP contribution in [0.15, 0.2) is 12.3 Å². The third kappa shape index (κ3) is 2.48. The lowest BCUT2D eigenvalue weighted by atomic mass is 10.2. The van der Waals surface area contributed by atoms with Crippen molar-refractivity contribution in [2.75, 3.05) is 18.5 Å². The smallest absolute Gasteiger partial charge is 0.354 e. The third-order valence-electron chi connectivity index (χ3n) is 3.55. The number of fused-ring (bicyclic) bond motifs is 1. The first kappa shape index (κ1) is 14.4. The summed E-state index contributed by atoms with van der Waals surface area (Å²) in [5.41, 5.74) is 3.51. The summed E-state index contributed by atoms with van der Waals surface area (Å²) in [6, 6.07) is 2.06. The van der Waals surface area contributed by atoms with Crippen molar-refractivity contribution in [3.05, 3.63) is 29.2 Å². The molecule has 2 heterocycles. The molecular weight excluding hydrogens is 254 g/mol. The molecule has 0 bridgehead atoms. The lowest BCUT2D eigenvalue weighted by Crippen LogP contribution is -2.19. The Morgan fingerprint density at radius 1 is 1.45 bits per heavy atom. The summed E-state index contributed by atoms with van der Waals surface area (Å²) < 4.78 is 1.69. The second kappa shape index (κ2) is 5.53. The number of anilines is 1. The second-order valence-electron chi connectivity index (χ2n) is 5.20. The summed E-state index contributed by atoms with van der Waals surface area (Å²) in [7, 11) is 2.03. The fraction of sp³-hybridized carbons (Fsp3) is 0.467. The number of aryl methyl sites for hydroxylation is 2. The number of carboxylic acids is 1. The molecule has 0 saturated heterocycles. The number of pyridine rings is 1. The molecule has 1 N–H and O–H groups in total. The quantitative estimate of drug-likeness (QED) is 0.911. The van der Waals surface area contributed by atoms with Gasteiger partial charge in [0.1, 0.15) is 5.65 Å². The van der Waals surface area contributed by atoms with Crippen molar-refractivity contribution in [2.45, 2.75) is 33.6 Å². The van der Waals surface area contributed by atoms with Gasteiger partial charge < -0.3 is 10.0 Å². The molecule has 2 rings (SSSR count). The van der Waals surface area contributed by atoms with Gasteiger partial charge >= 0.3 is 5.97 Å². The summed E-state index contributed by atoms with van der Waals surface area (Å²) in [5.74, 6) is -0.942. The molecule has 0 fully saturated rings. The van der Waals surface area contributed by atoms with Crippen molar-refractivity contribution in [1.82, 2.24) is 9.38 Å². The molecule has 0 unspecified atom stereocenters. The van der Waals surface area contributed by atoms with Crippen LogP contribution in [0.5, 0.6) is 0 Å². The molecule has 5 nitrogen and oxygen atoms in total. The molecular formula is C15H21N3O2. The largest absolute Gasteiger partial charge is 0.477 e. The monoisotopic (exact) mass is 275 g/mol. The third-order valence-corrected chi connectivity index (χ3v) is 3.55. The van der Waals surface area contributed by atoms with E-state index in [0.29, 0.717) is 11.3 Å². The maximum absolute atomic E-state index is 11.4. The van der Waals surface area contributed by atoms with Crippen LogP contribution in [0.4, 0.5) is 5.69 Å². The van der Waals surface area contributed by atoms with E-state index in [1.54, 1.807) is 11.3 Å². The zero-order valence-electron chi connectivity index (χ0n) is 12.5. The minimum atomic E-state index is -0.942. The van der Waals surface area contributed by atoms with E-state index < -0.39 is 5.97 Å². The van der Waals surface area contributed by atoms with Gasteiger partial charge in [0.2, 0.25) is 0 Å². The first-order chi connectivity index (χ1) is 9.45. The van der Waals surface area contributed by atoms with E-state index in [-0.39, 0.29) is 5.69 Å². The van der Waals surface area contributed by atoms with Gasteiger partial charge in [-0.1, -0.05) is 13.3 Å². The Bertz CT molecular complexity index is 646. The van der Waals surface area contributed by atoms with Gasteiger partial charge in [-0.15, -0.1) is 0 Å². The number of carbonyl (C=O) groups is 1. The van der Waals surface area contributed by atoms with Crippen molar-refractivity contribution in [1.29, 1.82) is 0 Å². The fourth-order valence-corrected chi connectivity index (χ4v) is 2.40. The van der Waals surface area contributed by atoms with Crippen molar-refractivity contribution in [3.63, 3.8) is 0 Å². The Hall–Kier alpha value is -2.04. The van der Waals surface area contributed by atoms with E-state index in [0.717, 1.165) is 30.6 Å². The molecule has 0 saturated carbocycles. The topological polar surface area (TPSA) is 57.8 Å². The van der Waals surface area contributed by atoms with E-state index in [4.69, 9.17) is 0 Å². The van der Waals surface area contributed by atoms with Gasteiger partial charge in [0.25, 0.3) is 0 Å². The molecule has 2 aromatic heterocycles. The highest BCUT2D eigenvalue weighted by Gasteiger charge is 2.17. The summed E-state index contributed by atoms with van der Waals surface area (Å²) in [6.45, 7) is 6.81. The average molecular weight is 275 g/mol. The normalized spacial score (nSPS) is 11.0. The van der Waals surface area contributed by atoms with E-state index in [1.807, 2.05) is 20.2 Å². The number of hydrogen-bond acceptors (Lipinski definition) is 3. The predicted octanol–water partition coefficient (Wildman–Crippen LogP) is 2.89. The van der Waals surface area contributed by atoms with E-state index in [9.17, 15) is 9.90 Å². The van der Waals surface area contributed by atoms with Crippen molar-refractivity contribution in [3.8, 4) is 0 Å². The molecule has 5 heteroatoms. The van der Waals surface area contributed by atoms with Crippen LogP contribution in [0.1, 0.15) is 41.5 Å². The number of aromatic carboxylic acids is 1. The zero-order valence-corrected chi connectivity index (χ0v) is 12.5. The Balaban J connectivity index is 2.54. The highest BCUT2D eigenvalue weighted by Crippen LogP contribution is 2.22. The molecule has 0 aromatic carbocycles. The van der Waals surface area contributed by atoms with E-state index in [1.165, 1.54) is 0 Å². The summed E-state index contributed by atoms with van der Waals surface area (Å²) in [4.78, 5) is 17.9. The second-order valence-corrected chi connectivity index (χ2v) is 5.20. The van der Waals surface area contributed by atoms with Crippen LogP contribution in [-0.4, -0.2) is 34.1 Å². The van der Waals surface area contributed by atoms with Crippen LogP contribution < -0.4 is 4.90 Å². The number of carboxylic acid groups (broad SMARTS) is 1. The predicted molar refractivity (Wildman–Crippen MR) is 79.8 cm³/mol. The Morgan fingerprint density at radius 3 is 2.75 bits per heavy atom. The number of nitrogens with zero attached hydrogens (tertiary/aromatic N) is 3. The molecule has 20 heavy (non-hydrogen) atoms. The molecule has 0 radical (unpaired) electrons. The number of aromatic nitrogens is 2. The highest BCUT2D eigenvalue weighted by atomic mass is 16.4. The molecule has 2 aromatic rings. The van der Waals surface area contributed by atoms with Crippen LogP contribution in [0.3, 0.4) is 0 Å². The van der Waals surface area contributed by atoms with Crippen LogP contribution in [0.25, 0.3) is 5.65 Å². The SMILES string of the molecule is CCCCN(C)c1cc(C)c2nc(C)c(C(=O)O)n2c1. The molecule has 0 aliphatic carbocycles. The van der Waals surface area contributed by atoms with Gasteiger partial charge in [0.05, 0.1) is 11.4 Å². The summed E-state index contributed by atoms with van der Waals surface area (Å²) in [6.07, 6.45) is 4.11. The summed E-state index contributed by atoms with van der Waals surface area (Å²) in [5, 5.41) is 9.34. The maximum atomic E-state index is 11.4. The molecule has 108 valence electrons. The lowest BCUT2D eigenvalue weighted by Gasteiger charge is -2.20. The fourth-order valence-electron chi connectivity index (χ4n) is 2.40. The van der Waals surface area contributed by atoms with E-state index >= 15 is 0 Å². The van der Waals surface area contributed by atoms with Crippen LogP contribution >= 0.6 is 0 Å². The number of hydrogen-bond donors (Lipinski definition) is 1. The molecule has 0 aliphatic heterocycles. The van der Waals surface area contributed by atoms with E-state index in [2.05, 4.69) is 22.9 Å². The average Bonchev–Trinajstić information content (AvgIpc) is 2.72. The number of rotatable bonds is 5. The molecule has 0 amide bonds. The van der Waals surface area contributed by atoms with Crippen LogP contribution in [-0.2, 0) is 0 Å². The zero-order chi connectivity index (χ0) is 14.9. The van der Waals surface area contributed by atoms with Gasteiger partial charge in [0, 0.05) is 19.8 Å². The first-order valence-electron chi connectivity index (χ1n) is 6.89. The summed E-state index contributed by atoms with van der Waals surface area (Å²) >= 11 is 0. The van der Waals surface area contributed by atoms with Gasteiger partial charge in [-0.3, -0.25) is 4.40 Å². The molecule has 0 atom stereocenters. The van der Waals surface area contributed by atoms with Crippen LogP contribution in [0, 0.1) is 13.8 Å². The van der Waals surface area contributed by atoms with Gasteiger partial charge in [-0.2, -0.15) is 0 Å². The first-order valence-corrected chi connectivity index (χ1v) is 6.89. The molecule has 0 spiro atoms. The highest BCUT2D eigenvalue weighted by molar-refractivity contribution is 5.88. The van der Waals surface area contributed by atoms with Crippen molar-refractivity contribution >= 4 is 17.3 Å². The maximum Gasteiger partial charge on any atom is 0.354 e. The van der Waals surface area contributed by atoms with Crippen molar-refractivity contribution in [2.24, 2.45) is 0 Å². The van der Waals surface area contributed by atoms with Crippen molar-refractivity contribution < 1.29 is 9.90 Å². The minimum absolute atomic E-state index is 0.244. The molecule has 0 aliphatic rings. The Morgan fingerprint density at radius 2 is 2.15 bits per heavy atom.